The molecule has 17 heavy (non-hydrogen) atoms. The monoisotopic (exact) mass is 257 g/mol. The molecule has 0 saturated carbocycles. The second-order valence-corrected chi connectivity index (χ2v) is 5.48. The highest BCUT2D eigenvalue weighted by Gasteiger charge is 2.31. The Morgan fingerprint density at radius 2 is 2.24 bits per heavy atom. The number of rotatable bonds is 2. The average molecular weight is 257 g/mol. The van der Waals surface area contributed by atoms with Crippen LogP contribution in [-0.4, -0.2) is 32.8 Å². The van der Waals surface area contributed by atoms with Crippen LogP contribution in [0.5, 0.6) is 0 Å². The SMILES string of the molecule is O=C(O)[C@@H]1C[S@](=O)C[C@@H](c2cccc(F)c2)N1. The van der Waals surface area contributed by atoms with Gasteiger partial charge in [-0.1, -0.05) is 12.1 Å². The maximum Gasteiger partial charge on any atom is 0.321 e. The Bertz CT molecular complexity index is 466. The predicted octanol–water partition coefficient (Wildman–Crippen LogP) is 0.672. The number of aliphatic carboxylic acids is 1. The van der Waals surface area contributed by atoms with Gasteiger partial charge in [0.25, 0.3) is 0 Å². The van der Waals surface area contributed by atoms with Crippen LogP contribution < -0.4 is 5.32 Å². The number of hydrogen-bond acceptors (Lipinski definition) is 3. The summed E-state index contributed by atoms with van der Waals surface area (Å²) in [6.45, 7) is 0. The normalized spacial score (nSPS) is 28.9. The third-order valence-electron chi connectivity index (χ3n) is 2.66. The van der Waals surface area contributed by atoms with Crippen LogP contribution in [0.1, 0.15) is 11.6 Å². The van der Waals surface area contributed by atoms with E-state index < -0.39 is 22.8 Å². The Kier molecular flexibility index (Phi) is 3.54. The molecule has 2 N–H and O–H groups in total. The van der Waals surface area contributed by atoms with Gasteiger partial charge >= 0.3 is 5.97 Å². The summed E-state index contributed by atoms with van der Waals surface area (Å²) in [5, 5.41) is 11.8. The van der Waals surface area contributed by atoms with Crippen molar-refractivity contribution in [1.29, 1.82) is 0 Å². The molecule has 0 unspecified atom stereocenters. The van der Waals surface area contributed by atoms with E-state index in [-0.39, 0.29) is 17.6 Å². The Morgan fingerprint density at radius 3 is 2.88 bits per heavy atom. The van der Waals surface area contributed by atoms with E-state index >= 15 is 0 Å². The molecule has 4 nitrogen and oxygen atoms in total. The van der Waals surface area contributed by atoms with Gasteiger partial charge in [-0.3, -0.25) is 14.3 Å². The van der Waals surface area contributed by atoms with E-state index in [1.165, 1.54) is 12.1 Å². The number of carboxylic acids is 1. The Labute approximate surface area is 100 Å². The molecule has 0 radical (unpaired) electrons. The highest BCUT2D eigenvalue weighted by atomic mass is 32.2. The minimum atomic E-state index is -1.19. The van der Waals surface area contributed by atoms with Gasteiger partial charge in [0.1, 0.15) is 11.9 Å². The zero-order chi connectivity index (χ0) is 12.4. The van der Waals surface area contributed by atoms with Crippen LogP contribution in [0, 0.1) is 5.82 Å². The summed E-state index contributed by atoms with van der Waals surface area (Å²) in [6.07, 6.45) is 0. The van der Waals surface area contributed by atoms with Gasteiger partial charge in [0.15, 0.2) is 0 Å². The fraction of sp³-hybridized carbons (Fsp3) is 0.364. The summed E-state index contributed by atoms with van der Waals surface area (Å²) in [4.78, 5) is 10.9. The molecule has 92 valence electrons. The Balaban J connectivity index is 2.21. The molecule has 0 aromatic heterocycles. The van der Waals surface area contributed by atoms with Crippen LogP contribution in [0.4, 0.5) is 4.39 Å². The van der Waals surface area contributed by atoms with Crippen LogP contribution in [0.2, 0.25) is 0 Å². The van der Waals surface area contributed by atoms with Crippen LogP contribution in [0.3, 0.4) is 0 Å². The first-order valence-electron chi connectivity index (χ1n) is 5.15. The van der Waals surface area contributed by atoms with E-state index in [9.17, 15) is 13.4 Å². The number of benzene rings is 1. The fourth-order valence-corrected chi connectivity index (χ4v) is 3.24. The third kappa shape index (κ3) is 2.89. The molecule has 1 aliphatic heterocycles. The van der Waals surface area contributed by atoms with Gasteiger partial charge in [0.05, 0.1) is 0 Å². The smallest absolute Gasteiger partial charge is 0.321 e. The molecule has 1 fully saturated rings. The minimum absolute atomic E-state index is 0.0984. The summed E-state index contributed by atoms with van der Waals surface area (Å²) in [5.74, 6) is -0.999. The number of halogens is 1. The standard InChI is InChI=1S/C11H12FNO3S/c12-8-3-1-2-7(4-8)9-5-17(16)6-10(13-9)11(14)15/h1-4,9-10,13H,5-6H2,(H,14,15)/t9-,10-,17+/m0/s1. The number of carboxylic acid groups (broad SMARTS) is 1. The summed E-state index contributed by atoms with van der Waals surface area (Å²) in [6, 6.07) is 4.69. The highest BCUT2D eigenvalue weighted by molar-refractivity contribution is 7.85. The molecule has 1 saturated heterocycles. The quantitative estimate of drug-likeness (QED) is 0.817. The van der Waals surface area contributed by atoms with Gasteiger partial charge in [-0.2, -0.15) is 0 Å². The van der Waals surface area contributed by atoms with E-state index in [0.717, 1.165) is 0 Å². The molecule has 2 rings (SSSR count). The number of nitrogens with one attached hydrogen (secondary N) is 1. The first-order valence-corrected chi connectivity index (χ1v) is 6.64. The van der Waals surface area contributed by atoms with Gasteiger partial charge in [0.2, 0.25) is 0 Å². The minimum Gasteiger partial charge on any atom is -0.480 e. The second kappa shape index (κ2) is 4.93. The van der Waals surface area contributed by atoms with Crippen molar-refractivity contribution in [2.45, 2.75) is 12.1 Å². The van der Waals surface area contributed by atoms with Crippen molar-refractivity contribution < 1.29 is 18.5 Å². The van der Waals surface area contributed by atoms with E-state index in [0.29, 0.717) is 11.3 Å². The van der Waals surface area contributed by atoms with Gasteiger partial charge in [-0.15, -0.1) is 0 Å². The summed E-state index contributed by atoms with van der Waals surface area (Å²) in [5.41, 5.74) is 0.629. The Morgan fingerprint density at radius 1 is 1.47 bits per heavy atom. The molecular formula is C11H12FNO3S. The van der Waals surface area contributed by atoms with E-state index in [1.54, 1.807) is 12.1 Å². The van der Waals surface area contributed by atoms with Crippen molar-refractivity contribution in [2.24, 2.45) is 0 Å². The van der Waals surface area contributed by atoms with Crippen molar-refractivity contribution in [3.8, 4) is 0 Å². The van der Waals surface area contributed by atoms with E-state index in [4.69, 9.17) is 5.11 Å². The Hall–Kier alpha value is -1.27. The number of hydrogen-bond donors (Lipinski definition) is 2. The lowest BCUT2D eigenvalue weighted by Crippen LogP contribution is -2.49. The molecular weight excluding hydrogens is 245 g/mol. The summed E-state index contributed by atoms with van der Waals surface area (Å²) >= 11 is 0. The van der Waals surface area contributed by atoms with Gasteiger partial charge in [-0.25, -0.2) is 4.39 Å². The zero-order valence-electron chi connectivity index (χ0n) is 8.93. The average Bonchev–Trinajstić information content (AvgIpc) is 2.28. The van der Waals surface area contributed by atoms with Crippen LogP contribution >= 0.6 is 0 Å². The third-order valence-corrected chi connectivity index (χ3v) is 4.07. The van der Waals surface area contributed by atoms with Crippen molar-refractivity contribution in [2.75, 3.05) is 11.5 Å². The lowest BCUT2D eigenvalue weighted by Gasteiger charge is -2.28. The first-order chi connectivity index (χ1) is 8.06. The topological polar surface area (TPSA) is 66.4 Å². The maximum atomic E-state index is 13.1. The zero-order valence-corrected chi connectivity index (χ0v) is 9.74. The van der Waals surface area contributed by atoms with Crippen molar-refractivity contribution in [3.05, 3.63) is 35.6 Å². The molecule has 1 aromatic carbocycles. The van der Waals surface area contributed by atoms with E-state index in [2.05, 4.69) is 5.32 Å². The predicted molar refractivity (Wildman–Crippen MR) is 61.6 cm³/mol. The van der Waals surface area contributed by atoms with Gasteiger partial charge < -0.3 is 5.11 Å². The maximum absolute atomic E-state index is 13.1. The molecule has 1 aromatic rings. The molecule has 0 amide bonds. The van der Waals surface area contributed by atoms with Gasteiger partial charge in [-0.05, 0) is 17.7 Å². The molecule has 3 atom stereocenters. The highest BCUT2D eigenvalue weighted by Crippen LogP contribution is 2.20. The first kappa shape index (κ1) is 12.2. The summed E-state index contributed by atoms with van der Waals surface area (Å²) < 4.78 is 24.6. The number of carbonyl (C=O) groups is 1. The molecule has 0 aliphatic carbocycles. The van der Waals surface area contributed by atoms with Crippen molar-refractivity contribution in [1.82, 2.24) is 5.32 Å². The summed E-state index contributed by atoms with van der Waals surface area (Å²) in [7, 11) is -1.19. The van der Waals surface area contributed by atoms with Crippen LogP contribution in [0.25, 0.3) is 0 Å². The van der Waals surface area contributed by atoms with Gasteiger partial charge in [0, 0.05) is 28.3 Å². The molecule has 6 heteroatoms. The lowest BCUT2D eigenvalue weighted by atomic mass is 10.1. The second-order valence-electron chi connectivity index (χ2n) is 3.94. The molecule has 0 spiro atoms. The van der Waals surface area contributed by atoms with Crippen LogP contribution in [0.15, 0.2) is 24.3 Å². The van der Waals surface area contributed by atoms with Crippen molar-refractivity contribution in [3.63, 3.8) is 0 Å². The lowest BCUT2D eigenvalue weighted by molar-refractivity contribution is -0.139. The molecule has 0 bridgehead atoms. The fourth-order valence-electron chi connectivity index (χ4n) is 1.84. The van der Waals surface area contributed by atoms with Crippen molar-refractivity contribution >= 4 is 16.8 Å². The molecule has 1 aliphatic rings. The van der Waals surface area contributed by atoms with Crippen LogP contribution in [-0.2, 0) is 15.6 Å². The molecule has 1 heterocycles. The van der Waals surface area contributed by atoms with E-state index in [1.807, 2.05) is 0 Å². The largest absolute Gasteiger partial charge is 0.480 e.